The normalized spacial score (nSPS) is 14.8. The van der Waals surface area contributed by atoms with Gasteiger partial charge >= 0.3 is 0 Å². The van der Waals surface area contributed by atoms with E-state index in [4.69, 9.17) is 0 Å². The van der Waals surface area contributed by atoms with Gasteiger partial charge in [-0.25, -0.2) is 5.43 Å². The minimum atomic E-state index is -0.472. The second-order valence-corrected chi connectivity index (χ2v) is 6.39. The predicted molar refractivity (Wildman–Crippen MR) is 107 cm³/mol. The number of amides is 1. The Morgan fingerprint density at radius 2 is 1.78 bits per heavy atom. The number of hydrazone groups is 1. The van der Waals surface area contributed by atoms with Crippen LogP contribution in [0.15, 0.2) is 77.4 Å². The second-order valence-electron chi connectivity index (χ2n) is 6.39. The van der Waals surface area contributed by atoms with Crippen LogP contribution in [0, 0.1) is 11.3 Å². The van der Waals surface area contributed by atoms with Crippen LogP contribution < -0.4 is 5.43 Å². The highest BCUT2D eigenvalue weighted by Crippen LogP contribution is 2.34. The zero-order valence-electron chi connectivity index (χ0n) is 14.6. The maximum atomic E-state index is 12.5. The van der Waals surface area contributed by atoms with Crippen LogP contribution in [0.4, 0.5) is 0 Å². The summed E-state index contributed by atoms with van der Waals surface area (Å²) in [6.45, 7) is 0. The number of fused-ring (bicyclic) bond motifs is 2. The molecule has 0 saturated carbocycles. The molecule has 0 fully saturated rings. The van der Waals surface area contributed by atoms with Crippen LogP contribution in [0.5, 0.6) is 0 Å². The largest absolute Gasteiger partial charge is 0.282 e. The molecule has 0 saturated heterocycles. The highest BCUT2D eigenvalue weighted by atomic mass is 16.2. The summed E-state index contributed by atoms with van der Waals surface area (Å²) >= 11 is 0. The fourth-order valence-corrected chi connectivity index (χ4v) is 3.52. The number of carbonyl (C=O) groups excluding carboxylic acids is 1. The molecule has 1 N–H and O–H groups in total. The second kappa shape index (κ2) is 7.27. The van der Waals surface area contributed by atoms with Crippen molar-refractivity contribution in [2.75, 3.05) is 0 Å². The Balaban J connectivity index is 1.58. The number of carbonyl (C=O) groups is 1. The van der Waals surface area contributed by atoms with Gasteiger partial charge in [-0.05, 0) is 40.3 Å². The summed E-state index contributed by atoms with van der Waals surface area (Å²) in [4.78, 5) is 12.5. The summed E-state index contributed by atoms with van der Waals surface area (Å²) < 4.78 is 0. The van der Waals surface area contributed by atoms with Gasteiger partial charge in [0.2, 0.25) is 0 Å². The van der Waals surface area contributed by atoms with E-state index in [0.717, 1.165) is 33.9 Å². The monoisotopic (exact) mass is 351 g/mol. The lowest BCUT2D eigenvalue weighted by Crippen LogP contribution is -2.20. The first-order valence-electron chi connectivity index (χ1n) is 8.80. The molecule has 0 radical (unpaired) electrons. The van der Waals surface area contributed by atoms with Gasteiger partial charge in [0.1, 0.15) is 11.6 Å². The number of benzene rings is 3. The molecule has 0 bridgehead atoms. The Bertz CT molecular complexity index is 1130. The molecule has 0 heterocycles. The van der Waals surface area contributed by atoms with Crippen molar-refractivity contribution in [1.82, 2.24) is 5.43 Å². The maximum absolute atomic E-state index is 12.5. The third-order valence-corrected chi connectivity index (χ3v) is 4.82. The Kier molecular flexibility index (Phi) is 4.51. The number of hydrogen-bond donors (Lipinski definition) is 1. The van der Waals surface area contributed by atoms with Crippen molar-refractivity contribution in [3.05, 3.63) is 89.0 Å². The first-order valence-corrected chi connectivity index (χ1v) is 8.80. The summed E-state index contributed by atoms with van der Waals surface area (Å²) in [5, 5.41) is 15.8. The van der Waals surface area contributed by atoms with E-state index in [2.05, 4.69) is 16.6 Å². The summed E-state index contributed by atoms with van der Waals surface area (Å²) in [6, 6.07) is 23.9. The molecule has 1 aliphatic rings. The van der Waals surface area contributed by atoms with Gasteiger partial charge in [-0.15, -0.1) is 0 Å². The zero-order chi connectivity index (χ0) is 18.6. The standard InChI is InChI=1S/C23H17N3O/c24-14-22(21-13-12-17-7-2-4-11-20(17)21)23(27)26-25-15-18-9-5-8-16-6-1-3-10-19(16)18/h1-11,15H,12-13H2,(H,26,27)/b22-21+,25-15-. The predicted octanol–water partition coefficient (Wildman–Crippen LogP) is 4.21. The summed E-state index contributed by atoms with van der Waals surface area (Å²) in [6.07, 6.45) is 3.16. The molecule has 1 aliphatic carbocycles. The number of aryl methyl sites for hydroxylation is 1. The molecule has 1 amide bonds. The van der Waals surface area contributed by atoms with Crippen LogP contribution in [-0.4, -0.2) is 12.1 Å². The van der Waals surface area contributed by atoms with Gasteiger partial charge in [-0.2, -0.15) is 10.4 Å². The Hall–Kier alpha value is -3.71. The van der Waals surface area contributed by atoms with Crippen molar-refractivity contribution in [2.45, 2.75) is 12.8 Å². The highest BCUT2D eigenvalue weighted by Gasteiger charge is 2.23. The number of hydrogen-bond acceptors (Lipinski definition) is 3. The fourth-order valence-electron chi connectivity index (χ4n) is 3.52. The first kappa shape index (κ1) is 16.7. The van der Waals surface area contributed by atoms with Gasteiger partial charge in [0.25, 0.3) is 5.91 Å². The van der Waals surface area contributed by atoms with E-state index in [1.165, 1.54) is 5.56 Å². The van der Waals surface area contributed by atoms with Crippen molar-refractivity contribution >= 4 is 28.5 Å². The summed E-state index contributed by atoms with van der Waals surface area (Å²) in [5.41, 5.74) is 6.51. The molecule has 0 spiro atoms. The molecule has 3 aromatic rings. The zero-order valence-corrected chi connectivity index (χ0v) is 14.6. The molecular formula is C23H17N3O. The third-order valence-electron chi connectivity index (χ3n) is 4.82. The lowest BCUT2D eigenvalue weighted by Gasteiger charge is -2.05. The summed E-state index contributed by atoms with van der Waals surface area (Å²) in [5.74, 6) is -0.472. The molecule has 4 nitrogen and oxygen atoms in total. The average molecular weight is 351 g/mol. The van der Waals surface area contributed by atoms with Gasteiger partial charge in [-0.1, -0.05) is 66.7 Å². The van der Waals surface area contributed by atoms with E-state index in [-0.39, 0.29) is 5.57 Å². The smallest absolute Gasteiger partial charge is 0.267 e. The van der Waals surface area contributed by atoms with Crippen molar-refractivity contribution in [1.29, 1.82) is 5.26 Å². The number of rotatable bonds is 3. The third kappa shape index (κ3) is 3.23. The van der Waals surface area contributed by atoms with Crippen LogP contribution in [0.25, 0.3) is 16.3 Å². The molecular weight excluding hydrogens is 334 g/mol. The van der Waals surface area contributed by atoms with Crippen LogP contribution in [0.3, 0.4) is 0 Å². The van der Waals surface area contributed by atoms with Crippen LogP contribution >= 0.6 is 0 Å². The molecule has 3 aromatic carbocycles. The Morgan fingerprint density at radius 3 is 2.67 bits per heavy atom. The Morgan fingerprint density at radius 1 is 1.00 bits per heavy atom. The minimum absolute atomic E-state index is 0.134. The van der Waals surface area contributed by atoms with E-state index >= 15 is 0 Å². The van der Waals surface area contributed by atoms with Crippen molar-refractivity contribution in [3.63, 3.8) is 0 Å². The maximum Gasteiger partial charge on any atom is 0.282 e. The van der Waals surface area contributed by atoms with Gasteiger partial charge < -0.3 is 0 Å². The molecule has 130 valence electrons. The number of allylic oxidation sites excluding steroid dienone is 1. The van der Waals surface area contributed by atoms with E-state index in [1.54, 1.807) is 6.21 Å². The first-order chi connectivity index (χ1) is 13.3. The van der Waals surface area contributed by atoms with E-state index in [9.17, 15) is 10.1 Å². The highest BCUT2D eigenvalue weighted by molar-refractivity contribution is 6.06. The molecule has 0 unspecified atom stereocenters. The average Bonchev–Trinajstić information content (AvgIpc) is 3.13. The Labute approximate surface area is 157 Å². The summed E-state index contributed by atoms with van der Waals surface area (Å²) in [7, 11) is 0. The van der Waals surface area contributed by atoms with Gasteiger partial charge in [-0.3, -0.25) is 4.79 Å². The van der Waals surface area contributed by atoms with E-state index in [1.807, 2.05) is 66.7 Å². The SMILES string of the molecule is N#C/C(C(=O)N/N=C\c1cccc2ccccc12)=C1/CCc2ccccc21. The molecule has 4 heteroatoms. The lowest BCUT2D eigenvalue weighted by atomic mass is 10.0. The van der Waals surface area contributed by atoms with Crippen LogP contribution in [0.2, 0.25) is 0 Å². The van der Waals surface area contributed by atoms with Crippen molar-refractivity contribution < 1.29 is 4.79 Å². The van der Waals surface area contributed by atoms with Crippen molar-refractivity contribution in [2.24, 2.45) is 5.10 Å². The quantitative estimate of drug-likeness (QED) is 0.332. The molecule has 0 aromatic heterocycles. The number of nitriles is 1. The van der Waals surface area contributed by atoms with Crippen LogP contribution in [-0.2, 0) is 11.2 Å². The fraction of sp³-hybridized carbons (Fsp3) is 0.0870. The molecule has 27 heavy (non-hydrogen) atoms. The molecule has 0 aliphatic heterocycles. The van der Waals surface area contributed by atoms with Gasteiger partial charge in [0.15, 0.2) is 0 Å². The molecule has 0 atom stereocenters. The van der Waals surface area contributed by atoms with E-state index < -0.39 is 5.91 Å². The van der Waals surface area contributed by atoms with E-state index in [0.29, 0.717) is 6.42 Å². The van der Waals surface area contributed by atoms with Crippen molar-refractivity contribution in [3.8, 4) is 6.07 Å². The number of nitrogens with zero attached hydrogens (tertiary/aromatic N) is 2. The molecule has 4 rings (SSSR count). The topological polar surface area (TPSA) is 65.2 Å². The van der Waals surface area contributed by atoms with Crippen LogP contribution in [0.1, 0.15) is 23.1 Å². The van der Waals surface area contributed by atoms with Gasteiger partial charge in [0.05, 0.1) is 6.21 Å². The number of nitrogens with one attached hydrogen (secondary N) is 1. The van der Waals surface area contributed by atoms with Gasteiger partial charge in [0, 0.05) is 5.56 Å². The minimum Gasteiger partial charge on any atom is -0.267 e. The lowest BCUT2D eigenvalue weighted by molar-refractivity contribution is -0.117.